The highest BCUT2D eigenvalue weighted by Gasteiger charge is 2.15. The van der Waals surface area contributed by atoms with Gasteiger partial charge >= 0.3 is 0 Å². The first-order valence-corrected chi connectivity index (χ1v) is 9.73. The van der Waals surface area contributed by atoms with Crippen LogP contribution in [0.3, 0.4) is 0 Å². The van der Waals surface area contributed by atoms with Crippen LogP contribution in [-0.4, -0.2) is 32.0 Å². The van der Waals surface area contributed by atoms with Crippen molar-refractivity contribution in [2.24, 2.45) is 0 Å². The van der Waals surface area contributed by atoms with E-state index in [4.69, 9.17) is 4.42 Å². The van der Waals surface area contributed by atoms with E-state index in [0.717, 1.165) is 0 Å². The molecule has 0 aliphatic carbocycles. The van der Waals surface area contributed by atoms with E-state index in [2.05, 4.69) is 42.1 Å². The van der Waals surface area contributed by atoms with Gasteiger partial charge in [0, 0.05) is 11.3 Å². The molecule has 0 saturated carbocycles. The number of anilines is 2. The molecule has 2 amide bonds. The van der Waals surface area contributed by atoms with Crippen LogP contribution in [0.25, 0.3) is 5.69 Å². The fourth-order valence-electron chi connectivity index (χ4n) is 2.77. The smallest absolute Gasteiger partial charge is 0.291 e. The Balaban J connectivity index is 1.52. The van der Waals surface area contributed by atoms with Crippen molar-refractivity contribution in [1.29, 1.82) is 0 Å². The van der Waals surface area contributed by atoms with Gasteiger partial charge in [-0.25, -0.2) is 4.39 Å². The van der Waals surface area contributed by atoms with Gasteiger partial charge in [-0.2, -0.15) is 4.68 Å². The number of carbonyl (C=O) groups excluding carboxylic acids is 2. The number of amides is 2. The summed E-state index contributed by atoms with van der Waals surface area (Å²) in [6.45, 7) is 1.70. The van der Waals surface area contributed by atoms with E-state index in [-0.39, 0.29) is 17.0 Å². The number of nitrogens with one attached hydrogen (secondary N) is 2. The molecule has 2 aromatic heterocycles. The third-order valence-electron chi connectivity index (χ3n) is 4.25. The summed E-state index contributed by atoms with van der Waals surface area (Å²) in [5.41, 5.74) is 1.06. The Morgan fingerprint density at radius 2 is 1.90 bits per heavy atom. The van der Waals surface area contributed by atoms with Gasteiger partial charge in [0.25, 0.3) is 11.8 Å². The number of benzene rings is 2. The van der Waals surface area contributed by atoms with Gasteiger partial charge in [0.1, 0.15) is 5.82 Å². The summed E-state index contributed by atoms with van der Waals surface area (Å²) in [4.78, 5) is 24.9. The highest BCUT2D eigenvalue weighted by Crippen LogP contribution is 2.21. The lowest BCUT2D eigenvalue weighted by atomic mass is 10.1. The molecule has 0 aliphatic heterocycles. The number of aryl methyl sites for hydroxylation is 1. The van der Waals surface area contributed by atoms with Crippen molar-refractivity contribution in [3.63, 3.8) is 0 Å². The molecule has 0 saturated heterocycles. The summed E-state index contributed by atoms with van der Waals surface area (Å²) >= 11 is 3.13. The molecule has 156 valence electrons. The van der Waals surface area contributed by atoms with Gasteiger partial charge in [0.2, 0.25) is 0 Å². The lowest BCUT2D eigenvalue weighted by molar-refractivity contribution is 0.0992. The standard InChI is InChI=1S/C20H14BrFN6O3/c1-11-25-26-27-28(11)14-5-6-15(22)16(10-14)24-19(29)12-3-2-4-13(9-12)23-20(30)17-7-8-18(21)31-17/h2-10H,1H3,(H,23,30)(H,24,29). The van der Waals surface area contributed by atoms with Gasteiger partial charge in [0.15, 0.2) is 16.3 Å². The lowest BCUT2D eigenvalue weighted by Gasteiger charge is -2.10. The number of hydrogen-bond acceptors (Lipinski definition) is 6. The third kappa shape index (κ3) is 4.51. The number of halogens is 2. The Morgan fingerprint density at radius 1 is 1.06 bits per heavy atom. The average molecular weight is 485 g/mol. The van der Waals surface area contributed by atoms with Crippen LogP contribution >= 0.6 is 15.9 Å². The Hall–Kier alpha value is -3.86. The quantitative estimate of drug-likeness (QED) is 0.442. The molecule has 0 spiro atoms. The monoisotopic (exact) mass is 484 g/mol. The first-order valence-electron chi connectivity index (χ1n) is 8.94. The number of hydrogen-bond donors (Lipinski definition) is 2. The number of tetrazole rings is 1. The van der Waals surface area contributed by atoms with Gasteiger partial charge in [-0.3, -0.25) is 9.59 Å². The van der Waals surface area contributed by atoms with E-state index >= 15 is 0 Å². The van der Waals surface area contributed by atoms with Crippen molar-refractivity contribution in [1.82, 2.24) is 20.2 Å². The summed E-state index contributed by atoms with van der Waals surface area (Å²) in [6, 6.07) is 13.5. The first kappa shape index (κ1) is 20.4. The second kappa shape index (κ2) is 8.48. The van der Waals surface area contributed by atoms with Crippen LogP contribution in [0.5, 0.6) is 0 Å². The van der Waals surface area contributed by atoms with Crippen molar-refractivity contribution in [2.45, 2.75) is 6.92 Å². The van der Waals surface area contributed by atoms with Crippen LogP contribution in [0.1, 0.15) is 26.7 Å². The molecule has 31 heavy (non-hydrogen) atoms. The SMILES string of the molecule is Cc1nnnn1-c1ccc(F)c(NC(=O)c2cccc(NC(=O)c3ccc(Br)o3)c2)c1. The van der Waals surface area contributed by atoms with Crippen LogP contribution in [0.4, 0.5) is 15.8 Å². The van der Waals surface area contributed by atoms with E-state index in [1.54, 1.807) is 31.2 Å². The molecule has 0 fully saturated rings. The molecular formula is C20H14BrFN6O3. The molecule has 2 aromatic carbocycles. The number of nitrogens with zero attached hydrogens (tertiary/aromatic N) is 4. The summed E-state index contributed by atoms with van der Waals surface area (Å²) in [5.74, 6) is -1.02. The Kier molecular flexibility index (Phi) is 5.58. The second-order valence-electron chi connectivity index (χ2n) is 6.39. The molecule has 11 heteroatoms. The van der Waals surface area contributed by atoms with Crippen LogP contribution < -0.4 is 10.6 Å². The fraction of sp³-hybridized carbons (Fsp3) is 0.0500. The van der Waals surface area contributed by atoms with Gasteiger partial charge in [-0.05, 0) is 81.8 Å². The number of rotatable bonds is 5. The molecular weight excluding hydrogens is 471 g/mol. The van der Waals surface area contributed by atoms with Crippen LogP contribution in [0.15, 0.2) is 63.7 Å². The number of furan rings is 1. The minimum Gasteiger partial charge on any atom is -0.444 e. The van der Waals surface area contributed by atoms with Crippen LogP contribution in [0, 0.1) is 12.7 Å². The van der Waals surface area contributed by atoms with Crippen molar-refractivity contribution >= 4 is 39.1 Å². The topological polar surface area (TPSA) is 115 Å². The van der Waals surface area contributed by atoms with Crippen molar-refractivity contribution in [3.05, 3.63) is 82.2 Å². The van der Waals surface area contributed by atoms with E-state index in [0.29, 0.717) is 21.9 Å². The maximum atomic E-state index is 14.3. The van der Waals surface area contributed by atoms with Crippen molar-refractivity contribution < 1.29 is 18.4 Å². The zero-order valence-corrected chi connectivity index (χ0v) is 17.6. The molecule has 0 unspecified atom stereocenters. The normalized spacial score (nSPS) is 10.7. The average Bonchev–Trinajstić information content (AvgIpc) is 3.38. The minimum absolute atomic E-state index is 0.0349. The Bertz CT molecular complexity index is 1290. The zero-order valence-electron chi connectivity index (χ0n) is 16.0. The Morgan fingerprint density at radius 3 is 2.61 bits per heavy atom. The molecule has 9 nitrogen and oxygen atoms in total. The van der Waals surface area contributed by atoms with Gasteiger partial charge in [0.05, 0.1) is 11.4 Å². The summed E-state index contributed by atoms with van der Waals surface area (Å²) in [5, 5.41) is 16.3. The second-order valence-corrected chi connectivity index (χ2v) is 7.18. The molecule has 4 aromatic rings. The Labute approximate surface area is 183 Å². The molecule has 0 atom stereocenters. The number of carbonyl (C=O) groups is 2. The molecule has 2 N–H and O–H groups in total. The van der Waals surface area contributed by atoms with Crippen LogP contribution in [-0.2, 0) is 0 Å². The van der Waals surface area contributed by atoms with Crippen molar-refractivity contribution in [3.8, 4) is 5.69 Å². The first-order chi connectivity index (χ1) is 14.9. The third-order valence-corrected chi connectivity index (χ3v) is 4.67. The van der Waals surface area contributed by atoms with E-state index < -0.39 is 17.6 Å². The predicted octanol–water partition coefficient (Wildman–Crippen LogP) is 3.97. The zero-order chi connectivity index (χ0) is 22.0. The molecule has 4 rings (SSSR count). The van der Waals surface area contributed by atoms with Gasteiger partial charge < -0.3 is 15.1 Å². The van der Waals surface area contributed by atoms with Crippen LogP contribution in [0.2, 0.25) is 0 Å². The summed E-state index contributed by atoms with van der Waals surface area (Å²) in [7, 11) is 0. The van der Waals surface area contributed by atoms with E-state index in [9.17, 15) is 14.0 Å². The van der Waals surface area contributed by atoms with E-state index in [1.165, 1.54) is 35.0 Å². The maximum absolute atomic E-state index is 14.3. The molecule has 0 radical (unpaired) electrons. The fourth-order valence-corrected chi connectivity index (χ4v) is 3.08. The van der Waals surface area contributed by atoms with E-state index in [1.807, 2.05) is 0 Å². The number of aromatic nitrogens is 4. The highest BCUT2D eigenvalue weighted by molar-refractivity contribution is 9.10. The van der Waals surface area contributed by atoms with Crippen molar-refractivity contribution in [2.75, 3.05) is 10.6 Å². The minimum atomic E-state index is -0.615. The summed E-state index contributed by atoms with van der Waals surface area (Å²) < 4.78 is 21.3. The summed E-state index contributed by atoms with van der Waals surface area (Å²) in [6.07, 6.45) is 0. The maximum Gasteiger partial charge on any atom is 0.291 e. The molecule has 2 heterocycles. The van der Waals surface area contributed by atoms with Gasteiger partial charge in [-0.15, -0.1) is 5.10 Å². The largest absolute Gasteiger partial charge is 0.444 e. The molecule has 0 aliphatic rings. The predicted molar refractivity (Wildman–Crippen MR) is 113 cm³/mol. The lowest BCUT2D eigenvalue weighted by Crippen LogP contribution is -2.15. The van der Waals surface area contributed by atoms with Gasteiger partial charge in [-0.1, -0.05) is 6.07 Å². The molecule has 0 bridgehead atoms. The highest BCUT2D eigenvalue weighted by atomic mass is 79.9.